The maximum atomic E-state index is 13.5. The lowest BCUT2D eigenvalue weighted by atomic mass is 10.2. The van der Waals surface area contributed by atoms with Gasteiger partial charge >= 0.3 is 0 Å². The fraction of sp³-hybridized carbons (Fsp3) is 0.556. The van der Waals surface area contributed by atoms with E-state index in [0.717, 1.165) is 12.5 Å². The third kappa shape index (κ3) is 7.87. The van der Waals surface area contributed by atoms with E-state index in [4.69, 9.17) is 4.74 Å². The second-order valence-electron chi connectivity index (χ2n) is 5.88. The van der Waals surface area contributed by atoms with Crippen LogP contribution >= 0.6 is 0 Å². The molecule has 6 nitrogen and oxygen atoms in total. The summed E-state index contributed by atoms with van der Waals surface area (Å²) in [5.74, 6) is 0.585. The highest BCUT2D eigenvalue weighted by atomic mass is 19.1. The summed E-state index contributed by atoms with van der Waals surface area (Å²) < 4.78 is 19.0. The quantitative estimate of drug-likeness (QED) is 0.405. The van der Waals surface area contributed by atoms with Gasteiger partial charge in [0.15, 0.2) is 17.5 Å². The van der Waals surface area contributed by atoms with Gasteiger partial charge in [0.05, 0.1) is 13.1 Å². The first-order chi connectivity index (χ1) is 12.0. The monoisotopic (exact) mass is 352 g/mol. The summed E-state index contributed by atoms with van der Waals surface area (Å²) >= 11 is 0. The normalized spacial score (nSPS) is 11.4. The van der Waals surface area contributed by atoms with Gasteiger partial charge < -0.3 is 20.3 Å². The molecule has 0 radical (unpaired) electrons. The van der Waals surface area contributed by atoms with Crippen molar-refractivity contribution in [3.8, 4) is 5.75 Å². The van der Waals surface area contributed by atoms with Gasteiger partial charge in [-0.1, -0.05) is 26.0 Å². The minimum absolute atomic E-state index is 0.0202. The summed E-state index contributed by atoms with van der Waals surface area (Å²) in [6, 6.07) is 6.34. The molecule has 0 atom stereocenters. The Bertz CT molecular complexity index is 564. The van der Waals surface area contributed by atoms with Crippen molar-refractivity contribution in [2.24, 2.45) is 10.9 Å². The molecule has 1 amide bonds. The largest absolute Gasteiger partial charge is 0.489 e. The van der Waals surface area contributed by atoms with Crippen molar-refractivity contribution in [1.82, 2.24) is 15.5 Å². The number of carbonyl (C=O) groups excluding carboxylic acids is 1. The summed E-state index contributed by atoms with van der Waals surface area (Å²) in [6.45, 7) is 8.29. The Labute approximate surface area is 149 Å². The van der Waals surface area contributed by atoms with Crippen molar-refractivity contribution >= 4 is 11.9 Å². The summed E-state index contributed by atoms with van der Waals surface area (Å²) in [6.07, 6.45) is 0. The number of carbonyl (C=O) groups is 1. The Kier molecular flexibility index (Phi) is 9.36. The van der Waals surface area contributed by atoms with Crippen LogP contribution in [0, 0.1) is 11.7 Å². The smallest absolute Gasteiger partial charge is 0.222 e. The molecule has 7 heteroatoms. The molecule has 0 unspecified atom stereocenters. The van der Waals surface area contributed by atoms with Crippen LogP contribution in [0.4, 0.5) is 4.39 Å². The van der Waals surface area contributed by atoms with Crippen molar-refractivity contribution in [1.29, 1.82) is 0 Å². The van der Waals surface area contributed by atoms with E-state index < -0.39 is 0 Å². The number of ether oxygens (including phenoxy) is 1. The number of hydrogen-bond donors (Lipinski definition) is 2. The fourth-order valence-corrected chi connectivity index (χ4v) is 1.97. The molecule has 1 aromatic carbocycles. The molecule has 0 aromatic heterocycles. The molecule has 0 aliphatic heterocycles. The third-order valence-corrected chi connectivity index (χ3v) is 3.41. The van der Waals surface area contributed by atoms with Crippen molar-refractivity contribution < 1.29 is 13.9 Å². The van der Waals surface area contributed by atoms with Gasteiger partial charge in [0, 0.05) is 26.1 Å². The lowest BCUT2D eigenvalue weighted by Crippen LogP contribution is -2.41. The molecule has 0 saturated heterocycles. The van der Waals surface area contributed by atoms with Gasteiger partial charge in [0.1, 0.15) is 6.61 Å². The molecule has 1 rings (SSSR count). The highest BCUT2D eigenvalue weighted by Crippen LogP contribution is 2.14. The molecular weight excluding hydrogens is 323 g/mol. The predicted octanol–water partition coefficient (Wildman–Crippen LogP) is 1.87. The lowest BCUT2D eigenvalue weighted by molar-refractivity contribution is -0.123. The minimum Gasteiger partial charge on any atom is -0.489 e. The van der Waals surface area contributed by atoms with Gasteiger partial charge in [-0.05, 0) is 19.1 Å². The van der Waals surface area contributed by atoms with E-state index in [2.05, 4.69) is 15.6 Å². The minimum atomic E-state index is -0.369. The molecular formula is C18H29FN4O2. The van der Waals surface area contributed by atoms with Crippen molar-refractivity contribution in [2.45, 2.75) is 20.8 Å². The van der Waals surface area contributed by atoms with Gasteiger partial charge in [0.25, 0.3) is 0 Å². The van der Waals surface area contributed by atoms with E-state index in [1.54, 1.807) is 18.2 Å². The molecule has 0 spiro atoms. The molecule has 0 bridgehead atoms. The van der Waals surface area contributed by atoms with E-state index in [-0.39, 0.29) is 23.4 Å². The van der Waals surface area contributed by atoms with Crippen LogP contribution < -0.4 is 15.4 Å². The van der Waals surface area contributed by atoms with Gasteiger partial charge in [-0.15, -0.1) is 0 Å². The van der Waals surface area contributed by atoms with Crippen LogP contribution in [-0.2, 0) is 4.79 Å². The zero-order valence-corrected chi connectivity index (χ0v) is 15.5. The Balaban J connectivity index is 2.44. The number of guanidine groups is 1. The molecule has 25 heavy (non-hydrogen) atoms. The summed E-state index contributed by atoms with van der Waals surface area (Å²) in [5, 5.41) is 6.02. The number of hydrogen-bond acceptors (Lipinski definition) is 3. The topological polar surface area (TPSA) is 66.0 Å². The number of benzene rings is 1. The number of amides is 1. The number of likely N-dealkylation sites (N-methyl/N-ethyl adjacent to an activating group) is 1. The summed E-state index contributed by atoms with van der Waals surface area (Å²) in [4.78, 5) is 17.9. The average Bonchev–Trinajstić information content (AvgIpc) is 2.58. The zero-order chi connectivity index (χ0) is 18.7. The molecule has 0 saturated carbocycles. The van der Waals surface area contributed by atoms with E-state index in [9.17, 15) is 9.18 Å². The fourth-order valence-electron chi connectivity index (χ4n) is 1.97. The summed E-state index contributed by atoms with van der Waals surface area (Å²) in [5.41, 5.74) is 0. The van der Waals surface area contributed by atoms with Crippen LogP contribution in [0.1, 0.15) is 20.8 Å². The predicted molar refractivity (Wildman–Crippen MR) is 98.4 cm³/mol. The number of nitrogens with zero attached hydrogens (tertiary/aromatic N) is 2. The molecule has 1 aromatic rings. The first-order valence-electron chi connectivity index (χ1n) is 8.60. The van der Waals surface area contributed by atoms with E-state index in [1.807, 2.05) is 32.7 Å². The standard InChI is InChI=1S/C18H29FN4O2/c1-5-20-18(22-11-10-21-17(24)14(2)3)23(4)12-13-25-16-9-7-6-8-15(16)19/h6-9,14H,5,10-13H2,1-4H3,(H,20,22)(H,21,24). The van der Waals surface area contributed by atoms with Gasteiger partial charge in [0.2, 0.25) is 5.91 Å². The first-order valence-corrected chi connectivity index (χ1v) is 8.60. The Morgan fingerprint density at radius 3 is 2.68 bits per heavy atom. The van der Waals surface area contributed by atoms with Crippen LogP contribution in [0.5, 0.6) is 5.75 Å². The van der Waals surface area contributed by atoms with Crippen LogP contribution in [-0.4, -0.2) is 56.6 Å². The highest BCUT2D eigenvalue weighted by Gasteiger charge is 2.08. The Hall–Kier alpha value is -2.31. The van der Waals surface area contributed by atoms with Crippen LogP contribution in [0.25, 0.3) is 0 Å². The molecule has 140 valence electrons. The van der Waals surface area contributed by atoms with E-state index in [1.165, 1.54) is 6.07 Å². The Morgan fingerprint density at radius 2 is 2.04 bits per heavy atom. The van der Waals surface area contributed by atoms with Crippen LogP contribution in [0.15, 0.2) is 29.3 Å². The number of rotatable bonds is 9. The SMILES string of the molecule is CCNC(=NCCNC(=O)C(C)C)N(C)CCOc1ccccc1F. The van der Waals surface area contributed by atoms with Crippen molar-refractivity contribution in [3.05, 3.63) is 30.1 Å². The van der Waals surface area contributed by atoms with Crippen molar-refractivity contribution in [2.75, 3.05) is 39.8 Å². The number of halogens is 1. The number of nitrogens with one attached hydrogen (secondary N) is 2. The third-order valence-electron chi connectivity index (χ3n) is 3.41. The number of para-hydroxylation sites is 1. The second-order valence-corrected chi connectivity index (χ2v) is 5.88. The number of aliphatic imine (C=N–C) groups is 1. The van der Waals surface area contributed by atoms with E-state index >= 15 is 0 Å². The van der Waals surface area contributed by atoms with Crippen LogP contribution in [0.3, 0.4) is 0 Å². The average molecular weight is 352 g/mol. The maximum absolute atomic E-state index is 13.5. The summed E-state index contributed by atoms with van der Waals surface area (Å²) in [7, 11) is 1.89. The molecule has 0 aliphatic rings. The second kappa shape index (κ2) is 11.3. The lowest BCUT2D eigenvalue weighted by Gasteiger charge is -2.22. The molecule has 0 heterocycles. The first kappa shape index (κ1) is 20.7. The van der Waals surface area contributed by atoms with Gasteiger partial charge in [-0.25, -0.2) is 4.39 Å². The highest BCUT2D eigenvalue weighted by molar-refractivity contribution is 5.80. The van der Waals surface area contributed by atoms with Gasteiger partial charge in [-0.3, -0.25) is 9.79 Å². The van der Waals surface area contributed by atoms with Crippen molar-refractivity contribution in [3.63, 3.8) is 0 Å². The zero-order valence-electron chi connectivity index (χ0n) is 15.5. The van der Waals surface area contributed by atoms with Crippen LogP contribution in [0.2, 0.25) is 0 Å². The maximum Gasteiger partial charge on any atom is 0.222 e. The molecule has 0 aliphatic carbocycles. The molecule has 0 fully saturated rings. The van der Waals surface area contributed by atoms with Gasteiger partial charge in [-0.2, -0.15) is 0 Å². The molecule has 2 N–H and O–H groups in total. The Morgan fingerprint density at radius 1 is 1.32 bits per heavy atom. The van der Waals surface area contributed by atoms with E-state index in [0.29, 0.717) is 26.2 Å².